The lowest BCUT2D eigenvalue weighted by Crippen LogP contribution is -2.24. The molecule has 2 N–H and O–H groups in total. The number of nitrogens with one attached hydrogen (secondary N) is 2. The lowest BCUT2D eigenvalue weighted by Gasteiger charge is -2.14. The number of carbonyl (C=O) groups is 1. The number of carbonyl (C=O) groups excluding carboxylic acids is 1. The third-order valence-electron chi connectivity index (χ3n) is 3.59. The summed E-state index contributed by atoms with van der Waals surface area (Å²) in [4.78, 5) is 26.2. The number of nitro groups is 1. The molecular formula is C17H20N4O3. The predicted octanol–water partition coefficient (Wildman–Crippen LogP) is 2.98. The first kappa shape index (κ1) is 17.6. The van der Waals surface area contributed by atoms with Crippen molar-refractivity contribution in [2.75, 3.05) is 11.9 Å². The van der Waals surface area contributed by atoms with E-state index in [0.717, 1.165) is 11.1 Å². The van der Waals surface area contributed by atoms with Gasteiger partial charge in [-0.05, 0) is 31.0 Å². The number of non-ortho nitro benzene ring substituents is 1. The van der Waals surface area contributed by atoms with E-state index in [1.807, 2.05) is 19.9 Å². The molecule has 7 heteroatoms. The number of hydrogen-bond acceptors (Lipinski definition) is 5. The molecule has 0 aliphatic rings. The molecule has 0 unspecified atom stereocenters. The molecule has 0 aliphatic heterocycles. The smallest absolute Gasteiger partial charge is 0.269 e. The molecule has 126 valence electrons. The topological polar surface area (TPSA) is 97.2 Å². The molecule has 0 bridgehead atoms. The number of anilines is 1. The monoisotopic (exact) mass is 328 g/mol. The fourth-order valence-electron chi connectivity index (χ4n) is 2.15. The van der Waals surface area contributed by atoms with Crippen molar-refractivity contribution in [1.82, 2.24) is 10.3 Å². The second-order valence-electron chi connectivity index (χ2n) is 5.54. The van der Waals surface area contributed by atoms with E-state index in [9.17, 15) is 14.9 Å². The Labute approximate surface area is 140 Å². The van der Waals surface area contributed by atoms with Gasteiger partial charge in [0, 0.05) is 37.3 Å². The number of nitro benzene ring substituents is 1. The van der Waals surface area contributed by atoms with Crippen molar-refractivity contribution in [3.63, 3.8) is 0 Å². The Morgan fingerprint density at radius 2 is 1.96 bits per heavy atom. The minimum absolute atomic E-state index is 0.00361. The van der Waals surface area contributed by atoms with Crippen LogP contribution in [0.3, 0.4) is 0 Å². The summed E-state index contributed by atoms with van der Waals surface area (Å²) in [6.45, 7) is 4.37. The molecule has 1 aromatic carbocycles. The number of nitrogens with zero attached hydrogens (tertiary/aromatic N) is 2. The highest BCUT2D eigenvalue weighted by Crippen LogP contribution is 2.17. The summed E-state index contributed by atoms with van der Waals surface area (Å²) >= 11 is 0. The average molecular weight is 328 g/mol. The van der Waals surface area contributed by atoms with Gasteiger partial charge in [0.25, 0.3) is 5.69 Å². The first-order valence-corrected chi connectivity index (χ1v) is 7.66. The zero-order chi connectivity index (χ0) is 17.5. The van der Waals surface area contributed by atoms with Crippen LogP contribution in [0.2, 0.25) is 0 Å². The van der Waals surface area contributed by atoms with Crippen molar-refractivity contribution < 1.29 is 9.72 Å². The van der Waals surface area contributed by atoms with Gasteiger partial charge in [-0.25, -0.2) is 4.98 Å². The van der Waals surface area contributed by atoms with Gasteiger partial charge in [-0.3, -0.25) is 14.9 Å². The third kappa shape index (κ3) is 5.13. The normalized spacial score (nSPS) is 11.8. The number of aryl methyl sites for hydroxylation is 1. The lowest BCUT2D eigenvalue weighted by atomic mass is 10.1. The van der Waals surface area contributed by atoms with Crippen LogP contribution in [-0.2, 0) is 4.79 Å². The van der Waals surface area contributed by atoms with Crippen LogP contribution in [-0.4, -0.2) is 22.4 Å². The maximum absolute atomic E-state index is 11.9. The van der Waals surface area contributed by atoms with Crippen molar-refractivity contribution in [2.45, 2.75) is 26.3 Å². The molecule has 2 aromatic rings. The fraction of sp³-hybridized carbons (Fsp3) is 0.294. The Morgan fingerprint density at radius 3 is 2.54 bits per heavy atom. The van der Waals surface area contributed by atoms with Crippen LogP contribution in [0.1, 0.15) is 30.5 Å². The van der Waals surface area contributed by atoms with Gasteiger partial charge in [0.1, 0.15) is 5.82 Å². The Morgan fingerprint density at radius 1 is 1.25 bits per heavy atom. The van der Waals surface area contributed by atoms with Crippen molar-refractivity contribution in [3.05, 3.63) is 63.8 Å². The number of rotatable bonds is 7. The maximum atomic E-state index is 11.9. The summed E-state index contributed by atoms with van der Waals surface area (Å²) in [5.74, 6) is 0.420. The van der Waals surface area contributed by atoms with E-state index >= 15 is 0 Å². The summed E-state index contributed by atoms with van der Waals surface area (Å²) in [6, 6.07) is 10.0. The summed E-state index contributed by atoms with van der Waals surface area (Å²) in [6.07, 6.45) is 2.01. The molecule has 0 fully saturated rings. The molecule has 0 saturated heterocycles. The molecule has 0 radical (unpaired) electrons. The largest absolute Gasteiger partial charge is 0.311 e. The predicted molar refractivity (Wildman–Crippen MR) is 91.7 cm³/mol. The Kier molecular flexibility index (Phi) is 5.97. The minimum atomic E-state index is -0.425. The standard InChI is InChI=1S/C17H20N4O3/c1-12-3-8-16(19-11-12)20-17(22)9-10-18-13(2)14-4-6-15(7-5-14)21(23)24/h3-8,11,13,18H,9-10H2,1-2H3,(H,19,20,22)/t13-/m1/s1. The lowest BCUT2D eigenvalue weighted by molar-refractivity contribution is -0.384. The van der Waals surface area contributed by atoms with Crippen LogP contribution in [0.5, 0.6) is 0 Å². The van der Waals surface area contributed by atoms with Crippen molar-refractivity contribution in [1.29, 1.82) is 0 Å². The van der Waals surface area contributed by atoms with Crippen molar-refractivity contribution >= 4 is 17.4 Å². The van der Waals surface area contributed by atoms with Crippen LogP contribution >= 0.6 is 0 Å². The van der Waals surface area contributed by atoms with Gasteiger partial charge in [-0.1, -0.05) is 18.2 Å². The molecule has 0 spiro atoms. The number of pyridine rings is 1. The number of amides is 1. The summed E-state index contributed by atoms with van der Waals surface area (Å²) < 4.78 is 0. The molecule has 1 amide bonds. The number of aromatic nitrogens is 1. The maximum Gasteiger partial charge on any atom is 0.269 e. The Hall–Kier alpha value is -2.80. The van der Waals surface area contributed by atoms with Gasteiger partial charge in [-0.2, -0.15) is 0 Å². The fourth-order valence-corrected chi connectivity index (χ4v) is 2.15. The Balaban J connectivity index is 1.77. The molecule has 0 aliphatic carbocycles. The van der Waals surface area contributed by atoms with Crippen LogP contribution < -0.4 is 10.6 Å². The summed E-state index contributed by atoms with van der Waals surface area (Å²) in [7, 11) is 0. The van der Waals surface area contributed by atoms with Gasteiger partial charge < -0.3 is 10.6 Å². The van der Waals surface area contributed by atoms with E-state index in [1.165, 1.54) is 12.1 Å². The quantitative estimate of drug-likeness (QED) is 0.601. The SMILES string of the molecule is Cc1ccc(NC(=O)CCN[C@H](C)c2ccc([N+](=O)[O-])cc2)nc1. The van der Waals surface area contributed by atoms with Gasteiger partial charge in [0.15, 0.2) is 0 Å². The minimum Gasteiger partial charge on any atom is -0.311 e. The molecule has 7 nitrogen and oxygen atoms in total. The van der Waals surface area contributed by atoms with E-state index in [-0.39, 0.29) is 17.6 Å². The van der Waals surface area contributed by atoms with Crippen molar-refractivity contribution in [3.8, 4) is 0 Å². The number of benzene rings is 1. The van der Waals surface area contributed by atoms with E-state index in [1.54, 1.807) is 24.4 Å². The second-order valence-corrected chi connectivity index (χ2v) is 5.54. The highest BCUT2D eigenvalue weighted by Gasteiger charge is 2.09. The average Bonchev–Trinajstić information content (AvgIpc) is 2.57. The molecule has 1 atom stereocenters. The molecule has 2 rings (SSSR count). The van der Waals surface area contributed by atoms with E-state index in [0.29, 0.717) is 18.8 Å². The Bertz CT molecular complexity index is 699. The van der Waals surface area contributed by atoms with E-state index in [4.69, 9.17) is 0 Å². The molecule has 24 heavy (non-hydrogen) atoms. The van der Waals surface area contributed by atoms with E-state index < -0.39 is 4.92 Å². The third-order valence-corrected chi connectivity index (χ3v) is 3.59. The van der Waals surface area contributed by atoms with Gasteiger partial charge in [0.05, 0.1) is 4.92 Å². The van der Waals surface area contributed by atoms with Gasteiger partial charge in [0.2, 0.25) is 5.91 Å². The second kappa shape index (κ2) is 8.16. The van der Waals surface area contributed by atoms with Gasteiger partial charge >= 0.3 is 0 Å². The van der Waals surface area contributed by atoms with Crippen molar-refractivity contribution in [2.24, 2.45) is 0 Å². The van der Waals surface area contributed by atoms with Crippen LogP contribution in [0, 0.1) is 17.0 Å². The zero-order valence-electron chi connectivity index (χ0n) is 13.7. The highest BCUT2D eigenvalue weighted by atomic mass is 16.6. The zero-order valence-corrected chi connectivity index (χ0v) is 13.7. The summed E-state index contributed by atoms with van der Waals surface area (Å²) in [5.41, 5.74) is 2.03. The van der Waals surface area contributed by atoms with Crippen LogP contribution in [0.15, 0.2) is 42.6 Å². The molecular weight excluding hydrogens is 308 g/mol. The molecule has 1 heterocycles. The number of hydrogen-bond donors (Lipinski definition) is 2. The molecule has 1 aromatic heterocycles. The first-order chi connectivity index (χ1) is 11.5. The molecule has 0 saturated carbocycles. The first-order valence-electron chi connectivity index (χ1n) is 7.66. The van der Waals surface area contributed by atoms with Crippen LogP contribution in [0.25, 0.3) is 0 Å². The highest BCUT2D eigenvalue weighted by molar-refractivity contribution is 5.89. The van der Waals surface area contributed by atoms with E-state index in [2.05, 4.69) is 15.6 Å². The van der Waals surface area contributed by atoms with Crippen LogP contribution in [0.4, 0.5) is 11.5 Å². The summed E-state index contributed by atoms with van der Waals surface area (Å²) in [5, 5.41) is 16.6. The van der Waals surface area contributed by atoms with Gasteiger partial charge in [-0.15, -0.1) is 0 Å².